The van der Waals surface area contributed by atoms with Crippen LogP contribution in [0.25, 0.3) is 0 Å². The van der Waals surface area contributed by atoms with Crippen LogP contribution in [0.5, 0.6) is 0 Å². The Hall–Kier alpha value is -6.34. The third kappa shape index (κ3) is 7.80. The van der Waals surface area contributed by atoms with Crippen LogP contribution in [-0.2, 0) is 0 Å². The lowest BCUT2D eigenvalue weighted by Gasteiger charge is -2.37. The second-order valence-corrected chi connectivity index (χ2v) is 12.1. The summed E-state index contributed by atoms with van der Waals surface area (Å²) in [6.07, 6.45) is 0. The predicted molar refractivity (Wildman–Crippen MR) is 219 cm³/mol. The van der Waals surface area contributed by atoms with Crippen molar-refractivity contribution in [3.8, 4) is 0 Å². The highest BCUT2D eigenvalue weighted by Crippen LogP contribution is 2.52. The second-order valence-electron chi connectivity index (χ2n) is 12.1. The van der Waals surface area contributed by atoms with E-state index in [1.165, 1.54) is 45.5 Å². The monoisotopic (exact) mass is 687 g/mol. The largest absolute Gasteiger partial charge is 0.900 e. The third-order valence-electron chi connectivity index (χ3n) is 9.15. The average molecular weight is 688 g/mol. The molecule has 0 spiro atoms. The van der Waals surface area contributed by atoms with E-state index in [2.05, 4.69) is 243 Å². The van der Waals surface area contributed by atoms with E-state index in [1.54, 1.807) is 0 Å². The van der Waals surface area contributed by atoms with Crippen LogP contribution in [0.4, 0.5) is 45.5 Å². The molecular weight excluding hydrogens is 647 g/mol. The number of hydrogen-bond donors (Lipinski definition) is 0. The van der Waals surface area contributed by atoms with E-state index < -0.39 is 7.69 Å². The fraction of sp³-hybridized carbons (Fsp3) is 0. The molecule has 0 N–H and O–H groups in total. The zero-order chi connectivity index (χ0) is 36.6. The maximum absolute atomic E-state index is 8.25. The van der Waals surface area contributed by atoms with Crippen LogP contribution in [0.2, 0.25) is 0 Å². The van der Waals surface area contributed by atoms with Crippen LogP contribution in [0, 0.1) is 0 Å². The van der Waals surface area contributed by atoms with Crippen molar-refractivity contribution in [2.75, 3.05) is 0 Å². The van der Waals surface area contributed by atoms with Gasteiger partial charge < -0.3 is 10.0 Å². The van der Waals surface area contributed by atoms with Gasteiger partial charge in [-0.25, -0.2) is 7.69 Å². The Balaban J connectivity index is 0.000000169. The minimum atomic E-state index is -0.500. The van der Waals surface area contributed by atoms with Crippen molar-refractivity contribution in [2.24, 2.45) is 0 Å². The van der Waals surface area contributed by atoms with Crippen LogP contribution in [-0.4, -0.2) is 7.69 Å². The maximum atomic E-state index is 8.25. The predicted octanol–water partition coefficient (Wildman–Crippen LogP) is 11.2. The fourth-order valence-electron chi connectivity index (χ4n) is 7.00. The Bertz CT molecular complexity index is 1710. The molecule has 0 aliphatic rings. The lowest BCUT2D eigenvalue weighted by molar-refractivity contribution is -0.328. The molecule has 8 aromatic carbocycles. The zero-order valence-electron chi connectivity index (χ0n) is 29.4. The van der Waals surface area contributed by atoms with Gasteiger partial charge >= 0.3 is 0 Å². The molecule has 8 rings (SSSR count). The maximum Gasteiger partial charge on any atom is 0.148 e. The fourth-order valence-corrected chi connectivity index (χ4v) is 7.00. The molecule has 5 heteroatoms. The Morgan fingerprint density at radius 3 is 0.396 bits per heavy atom. The van der Waals surface area contributed by atoms with Gasteiger partial charge in [-0.3, -0.25) is 0 Å². The number of nitrogens with zero attached hydrogens (tertiary/aromatic N) is 2. The summed E-state index contributed by atoms with van der Waals surface area (Å²) in [7, 11) is -0.500. The highest BCUT2D eigenvalue weighted by Gasteiger charge is 2.40. The average Bonchev–Trinajstić information content (AvgIpc) is 3.25. The van der Waals surface area contributed by atoms with E-state index in [1.807, 2.05) is 0 Å². The van der Waals surface area contributed by atoms with Crippen LogP contribution in [0.15, 0.2) is 243 Å². The summed E-state index contributed by atoms with van der Waals surface area (Å²) in [6, 6.07) is 85.5. The molecule has 0 saturated heterocycles. The van der Waals surface area contributed by atoms with E-state index in [9.17, 15) is 0 Å². The van der Waals surface area contributed by atoms with Crippen molar-refractivity contribution in [3.05, 3.63) is 243 Å². The topological polar surface area (TPSA) is 46.1 Å². The van der Waals surface area contributed by atoms with E-state index in [4.69, 9.17) is 10.0 Å². The Kier molecular flexibility index (Phi) is 12.5. The van der Waals surface area contributed by atoms with E-state index in [0.29, 0.717) is 8.97 Å². The number of hydrogen-bond acceptors (Lipinski definition) is 2. The first kappa shape index (κ1) is 36.5. The first-order chi connectivity index (χ1) is 26.3. The molecule has 257 valence electrons. The van der Waals surface area contributed by atoms with Gasteiger partial charge in [0.2, 0.25) is 0 Å². The summed E-state index contributed by atoms with van der Waals surface area (Å²) in [4.78, 5) is 0. The van der Waals surface area contributed by atoms with Gasteiger partial charge in [-0.15, -0.1) is 0 Å². The Morgan fingerprint density at radius 2 is 0.302 bits per heavy atom. The van der Waals surface area contributed by atoms with Crippen molar-refractivity contribution in [2.45, 2.75) is 0 Å². The molecule has 0 heterocycles. The minimum absolute atomic E-state index is 0.500. The first-order valence-electron chi connectivity index (χ1n) is 17.5. The summed E-state index contributed by atoms with van der Waals surface area (Å²) in [5.41, 5.74) is 9.71. The highest BCUT2D eigenvalue weighted by molar-refractivity contribution is 6.08. The summed E-state index contributed by atoms with van der Waals surface area (Å²) in [5, 5.41) is 16.5. The molecule has 0 atom stereocenters. The van der Waals surface area contributed by atoms with Crippen molar-refractivity contribution >= 4 is 53.2 Å². The van der Waals surface area contributed by atoms with Crippen LogP contribution in [0.3, 0.4) is 0 Å². The second kappa shape index (κ2) is 18.2. The third-order valence-corrected chi connectivity index (χ3v) is 9.15. The van der Waals surface area contributed by atoms with Gasteiger partial charge in [-0.05, 0) is 0 Å². The van der Waals surface area contributed by atoms with Gasteiger partial charge in [-0.1, -0.05) is 146 Å². The van der Waals surface area contributed by atoms with Crippen molar-refractivity contribution in [3.63, 3.8) is 0 Å². The lowest BCUT2D eigenvalue weighted by atomic mass is 10.1. The molecule has 53 heavy (non-hydrogen) atoms. The van der Waals surface area contributed by atoms with E-state index >= 15 is 0 Å². The minimum Gasteiger partial charge on any atom is -0.900 e. The first-order valence-corrected chi connectivity index (χ1v) is 17.5. The standard InChI is InChI=1S/2C24H20N.BO2/c2*1-5-13-21(14-6-1)25(22-15-7-2-8-16-22,23-17-9-3-10-18-23)24-19-11-4-12-20-24;2-1-3/h2*1-20H;/q2*+1;-2. The number of rotatable bonds is 8. The van der Waals surface area contributed by atoms with Crippen LogP contribution < -0.4 is 19.0 Å². The molecule has 0 amide bonds. The lowest BCUT2D eigenvalue weighted by Crippen LogP contribution is -2.33. The Morgan fingerprint density at radius 1 is 0.208 bits per heavy atom. The van der Waals surface area contributed by atoms with Crippen LogP contribution >= 0.6 is 0 Å². The van der Waals surface area contributed by atoms with Gasteiger partial charge in [0, 0.05) is 97.1 Å². The molecule has 8 aromatic rings. The van der Waals surface area contributed by atoms with Gasteiger partial charge in [0.25, 0.3) is 0 Å². The van der Waals surface area contributed by atoms with Gasteiger partial charge in [0.05, 0.1) is 0 Å². The van der Waals surface area contributed by atoms with Crippen molar-refractivity contribution in [1.82, 2.24) is 8.97 Å². The Labute approximate surface area is 313 Å². The van der Waals surface area contributed by atoms with Crippen molar-refractivity contribution in [1.29, 1.82) is 0 Å². The van der Waals surface area contributed by atoms with Crippen LogP contribution in [0.1, 0.15) is 0 Å². The molecule has 0 bridgehead atoms. The molecular formula is C48H40BN2O2. The normalized spacial score (nSPS) is 10.8. The van der Waals surface area contributed by atoms with Gasteiger partial charge in [-0.2, -0.15) is 8.97 Å². The van der Waals surface area contributed by atoms with Gasteiger partial charge in [0.15, 0.2) is 0 Å². The molecule has 0 aromatic heterocycles. The summed E-state index contributed by atoms with van der Waals surface area (Å²) in [5.74, 6) is 0. The molecule has 0 saturated carbocycles. The summed E-state index contributed by atoms with van der Waals surface area (Å²) < 4.78 is 1.12. The number of quaternary nitrogens is 2. The molecule has 1 radical (unpaired) electrons. The molecule has 0 fully saturated rings. The number of benzene rings is 8. The zero-order valence-corrected chi connectivity index (χ0v) is 29.4. The highest BCUT2D eigenvalue weighted by atomic mass is 16.4. The summed E-state index contributed by atoms with van der Waals surface area (Å²) in [6.45, 7) is 0. The summed E-state index contributed by atoms with van der Waals surface area (Å²) >= 11 is 0. The molecule has 0 unspecified atom stereocenters. The molecule has 0 aliphatic heterocycles. The quantitative estimate of drug-likeness (QED) is 0.118. The van der Waals surface area contributed by atoms with E-state index in [-0.39, 0.29) is 0 Å². The molecule has 0 aliphatic carbocycles. The SMILES string of the molecule is [O-][B][O-].c1ccc([N+](c2ccccc2)(c2ccccc2)c2ccccc2)cc1.c1ccc([N+](c2ccccc2)(c2ccccc2)c2ccccc2)cc1. The van der Waals surface area contributed by atoms with Gasteiger partial charge in [0.1, 0.15) is 45.5 Å². The smallest absolute Gasteiger partial charge is 0.148 e. The number of para-hydroxylation sites is 8. The van der Waals surface area contributed by atoms with Crippen molar-refractivity contribution < 1.29 is 10.0 Å². The molecule has 4 nitrogen and oxygen atoms in total. The van der Waals surface area contributed by atoms with E-state index in [0.717, 1.165) is 0 Å².